The van der Waals surface area contributed by atoms with Crippen LogP contribution in [0.4, 0.5) is 14.5 Å². The monoisotopic (exact) mass is 396 g/mol. The maximum absolute atomic E-state index is 12.2. The molecule has 1 aliphatic rings. The van der Waals surface area contributed by atoms with Gasteiger partial charge in [-0.15, -0.1) is 10.2 Å². The highest BCUT2D eigenvalue weighted by atomic mass is 32.2. The summed E-state index contributed by atoms with van der Waals surface area (Å²) in [6, 6.07) is 6.22. The molecule has 0 radical (unpaired) electrons. The summed E-state index contributed by atoms with van der Waals surface area (Å²) < 4.78 is 30.7. The zero-order chi connectivity index (χ0) is 19.2. The van der Waals surface area contributed by atoms with Crippen molar-refractivity contribution in [2.24, 2.45) is 0 Å². The molecular weight excluding hydrogens is 374 g/mol. The van der Waals surface area contributed by atoms with Crippen LogP contribution in [-0.2, 0) is 4.79 Å². The van der Waals surface area contributed by atoms with Gasteiger partial charge in [0.25, 0.3) is 0 Å². The lowest BCUT2D eigenvalue weighted by molar-refractivity contribution is -0.113. The number of hydrogen-bond donors (Lipinski definition) is 1. The Labute approximate surface area is 160 Å². The number of ether oxygens (including phenoxy) is 1. The molecule has 0 aliphatic heterocycles. The number of halogens is 2. The van der Waals surface area contributed by atoms with Gasteiger partial charge in [-0.3, -0.25) is 4.79 Å². The quantitative estimate of drug-likeness (QED) is 0.702. The Morgan fingerprint density at radius 3 is 2.63 bits per heavy atom. The number of carbonyl (C=O) groups is 1. The number of aryl methyl sites for hydroxylation is 1. The molecule has 1 aliphatic carbocycles. The van der Waals surface area contributed by atoms with E-state index in [4.69, 9.17) is 0 Å². The van der Waals surface area contributed by atoms with Crippen LogP contribution in [-0.4, -0.2) is 33.0 Å². The molecule has 1 amide bonds. The summed E-state index contributed by atoms with van der Waals surface area (Å²) >= 11 is 1.35. The third kappa shape index (κ3) is 5.41. The van der Waals surface area contributed by atoms with E-state index in [-0.39, 0.29) is 17.4 Å². The first kappa shape index (κ1) is 19.6. The molecule has 1 aromatic heterocycles. The van der Waals surface area contributed by atoms with Crippen LogP contribution < -0.4 is 10.1 Å². The van der Waals surface area contributed by atoms with Crippen molar-refractivity contribution in [3.05, 3.63) is 30.1 Å². The summed E-state index contributed by atoms with van der Waals surface area (Å²) in [4.78, 5) is 12.2. The molecule has 1 aromatic carbocycles. The number of carbonyl (C=O) groups excluding carboxylic acids is 1. The number of thioether (sulfide) groups is 1. The van der Waals surface area contributed by atoms with Crippen LogP contribution in [0.5, 0.6) is 5.75 Å². The number of nitrogens with zero attached hydrogens (tertiary/aromatic N) is 3. The van der Waals surface area contributed by atoms with Gasteiger partial charge in [-0.2, -0.15) is 8.78 Å². The van der Waals surface area contributed by atoms with Crippen molar-refractivity contribution < 1.29 is 18.3 Å². The van der Waals surface area contributed by atoms with Crippen molar-refractivity contribution in [1.29, 1.82) is 0 Å². The van der Waals surface area contributed by atoms with Gasteiger partial charge in [0.2, 0.25) is 5.91 Å². The summed E-state index contributed by atoms with van der Waals surface area (Å²) in [5, 5.41) is 11.9. The Hall–Kier alpha value is -2.16. The molecule has 1 saturated carbocycles. The summed E-state index contributed by atoms with van der Waals surface area (Å²) in [5.74, 6) is 0.923. The summed E-state index contributed by atoms with van der Waals surface area (Å²) in [5.41, 5.74) is 0.521. The van der Waals surface area contributed by atoms with E-state index in [1.54, 1.807) is 0 Å². The van der Waals surface area contributed by atoms with Crippen molar-refractivity contribution in [3.63, 3.8) is 0 Å². The SMILES string of the molecule is Cc1nnc(SCC(=O)Nc2ccc(OC(F)F)cc2)n1C1CCCCC1. The van der Waals surface area contributed by atoms with Gasteiger partial charge in [0.15, 0.2) is 5.16 Å². The third-order valence-electron chi connectivity index (χ3n) is 4.47. The van der Waals surface area contributed by atoms with E-state index in [9.17, 15) is 13.6 Å². The first-order chi connectivity index (χ1) is 13.0. The molecule has 27 heavy (non-hydrogen) atoms. The predicted molar refractivity (Wildman–Crippen MR) is 99.3 cm³/mol. The number of aromatic nitrogens is 3. The second-order valence-corrected chi connectivity index (χ2v) is 7.37. The van der Waals surface area contributed by atoms with E-state index in [0.717, 1.165) is 23.8 Å². The fourth-order valence-electron chi connectivity index (χ4n) is 3.25. The van der Waals surface area contributed by atoms with Gasteiger partial charge in [0, 0.05) is 11.7 Å². The lowest BCUT2D eigenvalue weighted by atomic mass is 9.95. The lowest BCUT2D eigenvalue weighted by Gasteiger charge is -2.24. The summed E-state index contributed by atoms with van der Waals surface area (Å²) in [6.07, 6.45) is 5.91. The molecule has 1 N–H and O–H groups in total. The molecule has 2 aromatic rings. The minimum absolute atomic E-state index is 0.0495. The first-order valence-corrected chi connectivity index (χ1v) is 9.90. The summed E-state index contributed by atoms with van der Waals surface area (Å²) in [7, 11) is 0. The third-order valence-corrected chi connectivity index (χ3v) is 5.41. The van der Waals surface area contributed by atoms with Gasteiger partial charge in [-0.25, -0.2) is 0 Å². The molecule has 9 heteroatoms. The van der Waals surface area contributed by atoms with E-state index >= 15 is 0 Å². The second kappa shape index (κ2) is 9.16. The van der Waals surface area contributed by atoms with Gasteiger partial charge in [0.1, 0.15) is 11.6 Å². The zero-order valence-electron chi connectivity index (χ0n) is 15.0. The van der Waals surface area contributed by atoms with Crippen molar-refractivity contribution >= 4 is 23.4 Å². The van der Waals surface area contributed by atoms with E-state index < -0.39 is 6.61 Å². The Morgan fingerprint density at radius 2 is 1.96 bits per heavy atom. The zero-order valence-corrected chi connectivity index (χ0v) is 15.8. The first-order valence-electron chi connectivity index (χ1n) is 8.92. The Bertz CT molecular complexity index is 761. The highest BCUT2D eigenvalue weighted by Gasteiger charge is 2.21. The second-order valence-electron chi connectivity index (χ2n) is 6.43. The molecule has 146 valence electrons. The molecule has 0 bridgehead atoms. The molecule has 1 heterocycles. The molecule has 0 saturated heterocycles. The maximum atomic E-state index is 12.2. The van der Waals surface area contributed by atoms with Crippen LogP contribution in [0, 0.1) is 6.92 Å². The Kier molecular flexibility index (Phi) is 6.65. The highest BCUT2D eigenvalue weighted by molar-refractivity contribution is 7.99. The molecule has 3 rings (SSSR count). The van der Waals surface area contributed by atoms with Crippen molar-refractivity contribution in [2.45, 2.75) is 56.8 Å². The van der Waals surface area contributed by atoms with Crippen LogP contribution in [0.3, 0.4) is 0 Å². The number of rotatable bonds is 7. The fraction of sp³-hybridized carbons (Fsp3) is 0.500. The average Bonchev–Trinajstić information content (AvgIpc) is 3.02. The van der Waals surface area contributed by atoms with E-state index in [1.807, 2.05) is 6.92 Å². The topological polar surface area (TPSA) is 69.0 Å². The normalized spacial score (nSPS) is 15.1. The summed E-state index contributed by atoms with van der Waals surface area (Å²) in [6.45, 7) is -0.929. The average molecular weight is 396 g/mol. The molecule has 1 fully saturated rings. The van der Waals surface area contributed by atoms with Crippen molar-refractivity contribution in [2.75, 3.05) is 11.1 Å². The molecule has 0 spiro atoms. The van der Waals surface area contributed by atoms with Crippen LogP contribution in [0.1, 0.15) is 44.0 Å². The number of nitrogens with one attached hydrogen (secondary N) is 1. The van der Waals surface area contributed by atoms with Crippen LogP contribution >= 0.6 is 11.8 Å². The Morgan fingerprint density at radius 1 is 1.26 bits per heavy atom. The highest BCUT2D eigenvalue weighted by Crippen LogP contribution is 2.32. The number of hydrogen-bond acceptors (Lipinski definition) is 5. The molecule has 6 nitrogen and oxygen atoms in total. The molecular formula is C18H22F2N4O2S. The predicted octanol–water partition coefficient (Wildman–Crippen LogP) is 4.42. The van der Waals surface area contributed by atoms with Crippen molar-refractivity contribution in [1.82, 2.24) is 14.8 Å². The van der Waals surface area contributed by atoms with Gasteiger partial charge >= 0.3 is 6.61 Å². The fourth-order valence-corrected chi connectivity index (χ4v) is 4.11. The van der Waals surface area contributed by atoms with E-state index in [1.165, 1.54) is 55.3 Å². The van der Waals surface area contributed by atoms with Gasteiger partial charge < -0.3 is 14.6 Å². The van der Waals surface area contributed by atoms with Gasteiger partial charge in [0.05, 0.1) is 5.75 Å². The number of anilines is 1. The molecule has 0 atom stereocenters. The maximum Gasteiger partial charge on any atom is 0.387 e. The number of benzene rings is 1. The molecule has 0 unspecified atom stereocenters. The van der Waals surface area contributed by atoms with Gasteiger partial charge in [-0.1, -0.05) is 31.0 Å². The van der Waals surface area contributed by atoms with Crippen LogP contribution in [0.15, 0.2) is 29.4 Å². The van der Waals surface area contributed by atoms with E-state index in [2.05, 4.69) is 24.8 Å². The smallest absolute Gasteiger partial charge is 0.387 e. The van der Waals surface area contributed by atoms with E-state index in [0.29, 0.717) is 11.7 Å². The number of alkyl halides is 2. The lowest BCUT2D eigenvalue weighted by Crippen LogP contribution is -2.17. The van der Waals surface area contributed by atoms with Crippen molar-refractivity contribution in [3.8, 4) is 5.75 Å². The van der Waals surface area contributed by atoms with Crippen LogP contribution in [0.2, 0.25) is 0 Å². The van der Waals surface area contributed by atoms with Gasteiger partial charge in [-0.05, 0) is 44.0 Å². The minimum atomic E-state index is -2.87. The Balaban J connectivity index is 1.55. The standard InChI is InChI=1S/C18H22F2N4O2S/c1-12-22-23-18(24(12)14-5-3-2-4-6-14)27-11-16(25)21-13-7-9-15(10-8-13)26-17(19)20/h7-10,14,17H,2-6,11H2,1H3,(H,21,25). The number of amides is 1. The minimum Gasteiger partial charge on any atom is -0.435 e. The largest absolute Gasteiger partial charge is 0.435 e. The van der Waals surface area contributed by atoms with Crippen LogP contribution in [0.25, 0.3) is 0 Å².